The summed E-state index contributed by atoms with van der Waals surface area (Å²) in [4.78, 5) is 23.5. The second-order valence-electron chi connectivity index (χ2n) is 5.41. The Balaban J connectivity index is 1.75. The van der Waals surface area contributed by atoms with Crippen molar-refractivity contribution in [2.45, 2.75) is 32.3 Å². The van der Waals surface area contributed by atoms with E-state index in [1.165, 1.54) is 18.2 Å². The van der Waals surface area contributed by atoms with Gasteiger partial charge in [0.25, 0.3) is 5.91 Å². The molecule has 2 amide bonds. The number of benzene rings is 1. The largest absolute Gasteiger partial charge is 0.376 e. The van der Waals surface area contributed by atoms with Crippen LogP contribution in [-0.2, 0) is 9.53 Å². The summed E-state index contributed by atoms with van der Waals surface area (Å²) in [5, 5.41) is 6.63. The molecular weight excluding hydrogens is 301 g/mol. The number of carbonyl (C=O) groups excluding carboxylic acids is 2. The van der Waals surface area contributed by atoms with Crippen LogP contribution in [0.2, 0.25) is 0 Å². The summed E-state index contributed by atoms with van der Waals surface area (Å²) < 4.78 is 18.4. The van der Waals surface area contributed by atoms with Crippen molar-refractivity contribution in [2.24, 2.45) is 5.10 Å². The third-order valence-corrected chi connectivity index (χ3v) is 3.40. The molecule has 1 aromatic rings. The lowest BCUT2D eigenvalue weighted by Crippen LogP contribution is -2.33. The van der Waals surface area contributed by atoms with E-state index >= 15 is 0 Å². The maximum Gasteiger partial charge on any atom is 0.271 e. The van der Waals surface area contributed by atoms with Crippen LogP contribution in [0, 0.1) is 5.82 Å². The first kappa shape index (κ1) is 17.1. The molecular formula is C16H20FN3O3. The zero-order valence-electron chi connectivity index (χ0n) is 13.0. The zero-order chi connectivity index (χ0) is 16.7. The Labute approximate surface area is 134 Å². The number of hydrogen-bond acceptors (Lipinski definition) is 4. The summed E-state index contributed by atoms with van der Waals surface area (Å²) in [7, 11) is 0. The van der Waals surface area contributed by atoms with Gasteiger partial charge in [0.05, 0.1) is 12.5 Å². The molecule has 0 radical (unpaired) electrons. The number of nitrogens with zero attached hydrogens (tertiary/aromatic N) is 1. The predicted octanol–water partition coefficient (Wildman–Crippen LogP) is 1.62. The standard InChI is InChI=1S/C16H20FN3O3/c1-11(8-15(21)18-10-14-6-3-7-23-14)19-20-16(22)12-4-2-5-13(17)9-12/h2,4-5,9,14H,3,6-8,10H2,1H3,(H,18,21)(H,20,22)/b19-11+/t14-/m0/s1. The Morgan fingerprint density at radius 3 is 2.96 bits per heavy atom. The number of hydrogen-bond donors (Lipinski definition) is 2. The average Bonchev–Trinajstić information content (AvgIpc) is 3.04. The lowest BCUT2D eigenvalue weighted by atomic mass is 10.2. The number of amides is 2. The maximum atomic E-state index is 13.0. The lowest BCUT2D eigenvalue weighted by Gasteiger charge is -2.10. The molecule has 6 nitrogen and oxygen atoms in total. The number of nitrogens with one attached hydrogen (secondary N) is 2. The third-order valence-electron chi connectivity index (χ3n) is 3.40. The predicted molar refractivity (Wildman–Crippen MR) is 83.6 cm³/mol. The van der Waals surface area contributed by atoms with Crippen LogP contribution in [0.15, 0.2) is 29.4 Å². The highest BCUT2D eigenvalue weighted by Gasteiger charge is 2.16. The third kappa shape index (κ3) is 5.78. The summed E-state index contributed by atoms with van der Waals surface area (Å²) in [6.07, 6.45) is 2.14. The van der Waals surface area contributed by atoms with Gasteiger partial charge in [0.15, 0.2) is 0 Å². The second kappa shape index (κ2) is 8.38. The van der Waals surface area contributed by atoms with E-state index in [1.54, 1.807) is 6.92 Å². The fourth-order valence-corrected chi connectivity index (χ4v) is 2.21. The van der Waals surface area contributed by atoms with Gasteiger partial charge >= 0.3 is 0 Å². The molecule has 1 fully saturated rings. The number of halogens is 1. The monoisotopic (exact) mass is 321 g/mol. The highest BCUT2D eigenvalue weighted by Crippen LogP contribution is 2.10. The van der Waals surface area contributed by atoms with E-state index in [0.29, 0.717) is 12.3 Å². The molecule has 0 unspecified atom stereocenters. The fraction of sp³-hybridized carbons (Fsp3) is 0.438. The molecule has 1 aliphatic heterocycles. The Hall–Kier alpha value is -2.28. The van der Waals surface area contributed by atoms with Gasteiger partial charge in [-0.2, -0.15) is 5.10 Å². The zero-order valence-corrected chi connectivity index (χ0v) is 13.0. The van der Waals surface area contributed by atoms with Crippen molar-refractivity contribution >= 4 is 17.5 Å². The van der Waals surface area contributed by atoms with Crippen molar-refractivity contribution < 1.29 is 18.7 Å². The SMILES string of the molecule is C/C(CC(=O)NC[C@@H]1CCCO1)=N\NC(=O)c1cccc(F)c1. The van der Waals surface area contributed by atoms with E-state index < -0.39 is 11.7 Å². The van der Waals surface area contributed by atoms with Crippen molar-refractivity contribution in [3.63, 3.8) is 0 Å². The molecule has 1 heterocycles. The van der Waals surface area contributed by atoms with Gasteiger partial charge in [-0.1, -0.05) is 6.07 Å². The number of carbonyl (C=O) groups is 2. The van der Waals surface area contributed by atoms with Crippen LogP contribution < -0.4 is 10.7 Å². The summed E-state index contributed by atoms with van der Waals surface area (Å²) in [5.41, 5.74) is 2.93. The minimum atomic E-state index is -0.524. The van der Waals surface area contributed by atoms with Gasteiger partial charge in [-0.25, -0.2) is 9.82 Å². The summed E-state index contributed by atoms with van der Waals surface area (Å²) >= 11 is 0. The molecule has 1 atom stereocenters. The van der Waals surface area contributed by atoms with Gasteiger partial charge in [-0.15, -0.1) is 0 Å². The van der Waals surface area contributed by atoms with Gasteiger partial charge in [-0.3, -0.25) is 9.59 Å². The molecule has 0 bridgehead atoms. The van der Waals surface area contributed by atoms with Crippen molar-refractivity contribution in [1.29, 1.82) is 0 Å². The molecule has 2 N–H and O–H groups in total. The topological polar surface area (TPSA) is 79.8 Å². The van der Waals surface area contributed by atoms with E-state index in [2.05, 4.69) is 15.8 Å². The van der Waals surface area contributed by atoms with E-state index in [-0.39, 0.29) is 24.0 Å². The van der Waals surface area contributed by atoms with Crippen molar-refractivity contribution in [1.82, 2.24) is 10.7 Å². The molecule has 1 aromatic carbocycles. The summed E-state index contributed by atoms with van der Waals surface area (Å²) in [5.74, 6) is -1.20. The van der Waals surface area contributed by atoms with Crippen molar-refractivity contribution in [2.75, 3.05) is 13.2 Å². The van der Waals surface area contributed by atoms with Crippen LogP contribution in [0.3, 0.4) is 0 Å². The van der Waals surface area contributed by atoms with Crippen LogP contribution >= 0.6 is 0 Å². The van der Waals surface area contributed by atoms with E-state index in [1.807, 2.05) is 0 Å². The minimum Gasteiger partial charge on any atom is -0.376 e. The number of rotatable bonds is 6. The average molecular weight is 321 g/mol. The first-order chi connectivity index (χ1) is 11.0. The Bertz CT molecular complexity index is 598. The fourth-order valence-electron chi connectivity index (χ4n) is 2.21. The van der Waals surface area contributed by atoms with Crippen LogP contribution in [0.5, 0.6) is 0 Å². The quantitative estimate of drug-likeness (QED) is 0.617. The molecule has 1 aliphatic rings. The Kier molecular flexibility index (Phi) is 6.22. The molecule has 0 aromatic heterocycles. The normalized spacial score (nSPS) is 17.8. The molecule has 23 heavy (non-hydrogen) atoms. The first-order valence-electron chi connectivity index (χ1n) is 7.52. The van der Waals surface area contributed by atoms with Crippen LogP contribution in [0.25, 0.3) is 0 Å². The minimum absolute atomic E-state index is 0.0795. The van der Waals surface area contributed by atoms with Gasteiger partial charge in [0.1, 0.15) is 5.82 Å². The number of ether oxygens (including phenoxy) is 1. The van der Waals surface area contributed by atoms with Crippen LogP contribution in [0.4, 0.5) is 4.39 Å². The maximum absolute atomic E-state index is 13.0. The summed E-state index contributed by atoms with van der Waals surface area (Å²) in [6, 6.07) is 5.30. The van der Waals surface area contributed by atoms with Gasteiger partial charge in [-0.05, 0) is 38.0 Å². The molecule has 0 saturated carbocycles. The van der Waals surface area contributed by atoms with Gasteiger partial charge in [0, 0.05) is 24.4 Å². The highest BCUT2D eigenvalue weighted by atomic mass is 19.1. The van der Waals surface area contributed by atoms with Crippen LogP contribution in [-0.4, -0.2) is 36.8 Å². The molecule has 0 aliphatic carbocycles. The molecule has 0 spiro atoms. The van der Waals surface area contributed by atoms with Crippen LogP contribution in [0.1, 0.15) is 36.5 Å². The Morgan fingerprint density at radius 1 is 1.43 bits per heavy atom. The molecule has 1 saturated heterocycles. The van der Waals surface area contributed by atoms with Gasteiger partial charge < -0.3 is 10.1 Å². The summed E-state index contributed by atoms with van der Waals surface area (Å²) in [6.45, 7) is 2.87. The second-order valence-corrected chi connectivity index (χ2v) is 5.41. The van der Waals surface area contributed by atoms with Crippen molar-refractivity contribution in [3.05, 3.63) is 35.6 Å². The molecule has 2 rings (SSSR count). The highest BCUT2D eigenvalue weighted by molar-refractivity contribution is 6.01. The molecule has 7 heteroatoms. The lowest BCUT2D eigenvalue weighted by molar-refractivity contribution is -0.120. The number of hydrazone groups is 1. The smallest absolute Gasteiger partial charge is 0.271 e. The van der Waals surface area contributed by atoms with E-state index in [0.717, 1.165) is 25.5 Å². The molecule has 124 valence electrons. The van der Waals surface area contributed by atoms with Crippen molar-refractivity contribution in [3.8, 4) is 0 Å². The van der Waals surface area contributed by atoms with Gasteiger partial charge in [0.2, 0.25) is 5.91 Å². The van der Waals surface area contributed by atoms with E-state index in [4.69, 9.17) is 4.74 Å². The first-order valence-corrected chi connectivity index (χ1v) is 7.52. The van der Waals surface area contributed by atoms with E-state index in [9.17, 15) is 14.0 Å². The Morgan fingerprint density at radius 2 is 2.26 bits per heavy atom.